The first-order chi connectivity index (χ1) is 9.73. The van der Waals surface area contributed by atoms with Gasteiger partial charge in [0.2, 0.25) is 0 Å². The van der Waals surface area contributed by atoms with E-state index >= 15 is 0 Å². The molecule has 0 saturated heterocycles. The Bertz CT molecular complexity index is 191. The van der Waals surface area contributed by atoms with Crippen molar-refractivity contribution in [2.75, 3.05) is 26.4 Å². The largest absolute Gasteiger partial charge is 0.396 e. The van der Waals surface area contributed by atoms with E-state index in [1.165, 1.54) is 12.8 Å². The zero-order valence-corrected chi connectivity index (χ0v) is 12.6. The highest BCUT2D eigenvalue weighted by molar-refractivity contribution is 4.72. The van der Waals surface area contributed by atoms with Gasteiger partial charge >= 0.3 is 0 Å². The van der Waals surface area contributed by atoms with Crippen LogP contribution in [0.1, 0.15) is 51.4 Å². The zero-order chi connectivity index (χ0) is 14.8. The monoisotopic (exact) mass is 288 g/mol. The van der Waals surface area contributed by atoms with Crippen molar-refractivity contribution in [3.63, 3.8) is 0 Å². The van der Waals surface area contributed by atoms with Crippen LogP contribution in [0.5, 0.6) is 0 Å². The SMILES string of the molecule is OCC1CCCC(CO)C1.OCC1CCCC(CO)C1. The normalized spacial score (nSPS) is 34.2. The summed E-state index contributed by atoms with van der Waals surface area (Å²) in [6.45, 7) is 1.21. The smallest absolute Gasteiger partial charge is 0.0459 e. The molecule has 0 bridgehead atoms. The minimum absolute atomic E-state index is 0.302. The van der Waals surface area contributed by atoms with E-state index in [2.05, 4.69) is 0 Å². The first kappa shape index (κ1) is 17.9. The molecule has 4 heteroatoms. The molecule has 2 fully saturated rings. The second-order valence-corrected chi connectivity index (χ2v) is 6.53. The molecule has 4 nitrogen and oxygen atoms in total. The molecular formula is C16H32O4. The van der Waals surface area contributed by atoms with E-state index in [4.69, 9.17) is 20.4 Å². The molecule has 4 unspecified atom stereocenters. The molecule has 0 aromatic rings. The Morgan fingerprint density at radius 3 is 0.950 bits per heavy atom. The van der Waals surface area contributed by atoms with Gasteiger partial charge < -0.3 is 20.4 Å². The van der Waals surface area contributed by atoms with Gasteiger partial charge in [-0.25, -0.2) is 0 Å². The van der Waals surface area contributed by atoms with Crippen molar-refractivity contribution < 1.29 is 20.4 Å². The fourth-order valence-corrected chi connectivity index (χ4v) is 3.47. The molecule has 2 rings (SSSR count). The minimum atomic E-state index is 0.302. The van der Waals surface area contributed by atoms with Crippen LogP contribution in [-0.4, -0.2) is 46.9 Å². The van der Waals surface area contributed by atoms with Gasteiger partial charge in [0.1, 0.15) is 0 Å². The molecule has 0 aromatic carbocycles. The Balaban J connectivity index is 0.000000200. The summed E-state index contributed by atoms with van der Waals surface area (Å²) in [6, 6.07) is 0. The molecule has 2 saturated carbocycles. The molecule has 0 amide bonds. The number of hydrogen-bond donors (Lipinski definition) is 4. The molecule has 0 spiro atoms. The summed E-state index contributed by atoms with van der Waals surface area (Å²) in [5.41, 5.74) is 0. The Hall–Kier alpha value is -0.160. The zero-order valence-electron chi connectivity index (χ0n) is 12.6. The molecule has 4 atom stereocenters. The van der Waals surface area contributed by atoms with Crippen LogP contribution in [0.3, 0.4) is 0 Å². The van der Waals surface area contributed by atoms with Gasteiger partial charge in [-0.3, -0.25) is 0 Å². The summed E-state index contributed by atoms with van der Waals surface area (Å²) in [5, 5.41) is 35.3. The van der Waals surface area contributed by atoms with Crippen molar-refractivity contribution in [3.8, 4) is 0 Å². The minimum Gasteiger partial charge on any atom is -0.396 e. The van der Waals surface area contributed by atoms with Crippen LogP contribution in [0.2, 0.25) is 0 Å². The highest BCUT2D eigenvalue weighted by Crippen LogP contribution is 2.28. The fraction of sp³-hybridized carbons (Fsp3) is 1.00. The summed E-state index contributed by atoms with van der Waals surface area (Å²) >= 11 is 0. The number of aliphatic hydroxyl groups is 4. The van der Waals surface area contributed by atoms with Gasteiger partial charge in [0.15, 0.2) is 0 Å². The van der Waals surface area contributed by atoms with E-state index in [1.807, 2.05) is 0 Å². The molecule has 0 radical (unpaired) electrons. The lowest BCUT2D eigenvalue weighted by Gasteiger charge is -2.26. The molecule has 2 aliphatic carbocycles. The van der Waals surface area contributed by atoms with Gasteiger partial charge in [0.25, 0.3) is 0 Å². The summed E-state index contributed by atoms with van der Waals surface area (Å²) in [6.07, 6.45) is 8.98. The van der Waals surface area contributed by atoms with Gasteiger partial charge in [-0.2, -0.15) is 0 Å². The maximum atomic E-state index is 8.82. The van der Waals surface area contributed by atoms with Crippen molar-refractivity contribution in [2.45, 2.75) is 51.4 Å². The number of hydrogen-bond acceptors (Lipinski definition) is 4. The lowest BCUT2D eigenvalue weighted by Crippen LogP contribution is -2.20. The Morgan fingerprint density at radius 2 is 0.750 bits per heavy atom. The van der Waals surface area contributed by atoms with Crippen molar-refractivity contribution >= 4 is 0 Å². The van der Waals surface area contributed by atoms with Gasteiger partial charge in [-0.1, -0.05) is 12.8 Å². The average Bonchev–Trinajstić information content (AvgIpc) is 2.55. The topological polar surface area (TPSA) is 80.9 Å². The standard InChI is InChI=1S/2C8H16O2/c2*9-5-7-2-1-3-8(4-7)6-10/h2*7-10H,1-6H2. The molecule has 0 aliphatic heterocycles. The van der Waals surface area contributed by atoms with Crippen LogP contribution in [0.25, 0.3) is 0 Å². The lowest BCUT2D eigenvalue weighted by atomic mass is 9.82. The first-order valence-electron chi connectivity index (χ1n) is 8.16. The second kappa shape index (κ2) is 10.6. The third kappa shape index (κ3) is 6.53. The molecule has 20 heavy (non-hydrogen) atoms. The maximum Gasteiger partial charge on any atom is 0.0459 e. The molecule has 0 aromatic heterocycles. The van der Waals surface area contributed by atoms with Crippen molar-refractivity contribution in [3.05, 3.63) is 0 Å². The predicted molar refractivity (Wildman–Crippen MR) is 79.2 cm³/mol. The summed E-state index contributed by atoms with van der Waals surface area (Å²) in [4.78, 5) is 0. The molecule has 4 N–H and O–H groups in total. The van der Waals surface area contributed by atoms with Crippen LogP contribution in [0.15, 0.2) is 0 Å². The van der Waals surface area contributed by atoms with E-state index in [0.29, 0.717) is 50.1 Å². The predicted octanol–water partition coefficient (Wildman–Crippen LogP) is 1.55. The molecule has 2 aliphatic rings. The third-order valence-electron chi connectivity index (χ3n) is 4.82. The van der Waals surface area contributed by atoms with Crippen LogP contribution >= 0.6 is 0 Å². The second-order valence-electron chi connectivity index (χ2n) is 6.53. The third-order valence-corrected chi connectivity index (χ3v) is 4.82. The molecule has 0 heterocycles. The highest BCUT2D eigenvalue weighted by atomic mass is 16.3. The fourth-order valence-electron chi connectivity index (χ4n) is 3.47. The van der Waals surface area contributed by atoms with E-state index in [-0.39, 0.29) is 0 Å². The van der Waals surface area contributed by atoms with Crippen LogP contribution in [0.4, 0.5) is 0 Å². The van der Waals surface area contributed by atoms with Gasteiger partial charge in [-0.15, -0.1) is 0 Å². The van der Waals surface area contributed by atoms with E-state index < -0.39 is 0 Å². The molecular weight excluding hydrogens is 256 g/mol. The number of rotatable bonds is 4. The summed E-state index contributed by atoms with van der Waals surface area (Å²) < 4.78 is 0. The van der Waals surface area contributed by atoms with Gasteiger partial charge in [0, 0.05) is 26.4 Å². The highest BCUT2D eigenvalue weighted by Gasteiger charge is 2.20. The van der Waals surface area contributed by atoms with Crippen LogP contribution in [-0.2, 0) is 0 Å². The first-order valence-corrected chi connectivity index (χ1v) is 8.16. The van der Waals surface area contributed by atoms with E-state index in [9.17, 15) is 0 Å². The molecule has 120 valence electrons. The Kier molecular flexibility index (Phi) is 9.44. The summed E-state index contributed by atoms with van der Waals surface area (Å²) in [5.74, 6) is 1.86. The Morgan fingerprint density at radius 1 is 0.500 bits per heavy atom. The van der Waals surface area contributed by atoms with Crippen molar-refractivity contribution in [2.24, 2.45) is 23.7 Å². The van der Waals surface area contributed by atoms with Gasteiger partial charge in [-0.05, 0) is 62.2 Å². The average molecular weight is 288 g/mol. The van der Waals surface area contributed by atoms with Gasteiger partial charge in [0.05, 0.1) is 0 Å². The van der Waals surface area contributed by atoms with Crippen LogP contribution < -0.4 is 0 Å². The number of aliphatic hydroxyl groups excluding tert-OH is 4. The van der Waals surface area contributed by atoms with Crippen molar-refractivity contribution in [1.29, 1.82) is 0 Å². The maximum absolute atomic E-state index is 8.82. The summed E-state index contributed by atoms with van der Waals surface area (Å²) in [7, 11) is 0. The van der Waals surface area contributed by atoms with E-state index in [0.717, 1.165) is 38.5 Å². The quantitative estimate of drug-likeness (QED) is 0.633. The Labute approximate surface area is 122 Å². The van der Waals surface area contributed by atoms with Crippen molar-refractivity contribution in [1.82, 2.24) is 0 Å². The lowest BCUT2D eigenvalue weighted by molar-refractivity contribution is 0.121. The van der Waals surface area contributed by atoms with E-state index in [1.54, 1.807) is 0 Å². The van der Waals surface area contributed by atoms with Crippen LogP contribution in [0, 0.1) is 23.7 Å².